The van der Waals surface area contributed by atoms with Gasteiger partial charge in [0.1, 0.15) is 5.82 Å². The summed E-state index contributed by atoms with van der Waals surface area (Å²) in [5.74, 6) is -1.83. The number of nitro benzene ring substituents is 1. The number of carbonyl (C=O) groups is 1. The quantitative estimate of drug-likeness (QED) is 0.387. The standard InChI is InChI=1S/C16H10F2N4O4S/c17-10-3-1-9(2-4-10)15-20-21-16(26-15)27-8-14(23)19-11-5-6-12(18)13(7-11)22(24)25/h1-7H,8H2,(H,19,23). The van der Waals surface area contributed by atoms with Gasteiger partial charge in [0, 0.05) is 17.3 Å². The normalized spacial score (nSPS) is 10.6. The van der Waals surface area contributed by atoms with E-state index in [-0.39, 0.29) is 22.6 Å². The average molecular weight is 392 g/mol. The van der Waals surface area contributed by atoms with Gasteiger partial charge in [-0.25, -0.2) is 4.39 Å². The van der Waals surface area contributed by atoms with Crippen molar-refractivity contribution in [3.8, 4) is 11.5 Å². The van der Waals surface area contributed by atoms with Crippen LogP contribution in [0.2, 0.25) is 0 Å². The fraction of sp³-hybridized carbons (Fsp3) is 0.0625. The van der Waals surface area contributed by atoms with E-state index in [0.717, 1.165) is 23.9 Å². The van der Waals surface area contributed by atoms with Crippen molar-refractivity contribution in [1.29, 1.82) is 0 Å². The van der Waals surface area contributed by atoms with Crippen LogP contribution in [0.25, 0.3) is 11.5 Å². The maximum absolute atomic E-state index is 13.3. The third-order valence-electron chi connectivity index (χ3n) is 3.25. The summed E-state index contributed by atoms with van der Waals surface area (Å²) in [4.78, 5) is 21.8. The van der Waals surface area contributed by atoms with Crippen LogP contribution in [0.5, 0.6) is 0 Å². The Kier molecular flexibility index (Phi) is 5.41. The van der Waals surface area contributed by atoms with Crippen LogP contribution in [0, 0.1) is 21.7 Å². The molecule has 0 bridgehead atoms. The fourth-order valence-corrected chi connectivity index (χ4v) is 2.60. The number of carbonyl (C=O) groups excluding carboxylic acids is 1. The molecule has 11 heteroatoms. The summed E-state index contributed by atoms with van der Waals surface area (Å²) >= 11 is 0.946. The SMILES string of the molecule is O=C(CSc1nnc(-c2ccc(F)cc2)o1)Nc1ccc(F)c([N+](=O)[O-])c1. The maximum Gasteiger partial charge on any atom is 0.306 e. The molecule has 0 saturated carbocycles. The summed E-state index contributed by atoms with van der Waals surface area (Å²) in [6.45, 7) is 0. The number of nitrogens with one attached hydrogen (secondary N) is 1. The van der Waals surface area contributed by atoms with Crippen LogP contribution in [0.3, 0.4) is 0 Å². The second-order valence-corrected chi connectivity index (χ2v) is 6.07. The molecule has 0 atom stereocenters. The van der Waals surface area contributed by atoms with Gasteiger partial charge >= 0.3 is 5.69 Å². The molecule has 0 fully saturated rings. The zero-order valence-electron chi connectivity index (χ0n) is 13.4. The molecule has 0 aliphatic carbocycles. The number of halogens is 2. The van der Waals surface area contributed by atoms with Crippen LogP contribution in [0.1, 0.15) is 0 Å². The van der Waals surface area contributed by atoms with E-state index >= 15 is 0 Å². The lowest BCUT2D eigenvalue weighted by Gasteiger charge is -2.04. The molecular formula is C16H10F2N4O4S. The van der Waals surface area contributed by atoms with E-state index in [1.165, 1.54) is 30.3 Å². The molecule has 27 heavy (non-hydrogen) atoms. The number of nitro groups is 1. The van der Waals surface area contributed by atoms with E-state index < -0.39 is 28.2 Å². The highest BCUT2D eigenvalue weighted by Crippen LogP contribution is 2.24. The Bertz CT molecular complexity index is 994. The second-order valence-electron chi connectivity index (χ2n) is 5.14. The maximum atomic E-state index is 13.3. The topological polar surface area (TPSA) is 111 Å². The lowest BCUT2D eigenvalue weighted by molar-refractivity contribution is -0.387. The summed E-state index contributed by atoms with van der Waals surface area (Å²) < 4.78 is 31.6. The molecule has 0 unspecified atom stereocenters. The monoisotopic (exact) mass is 392 g/mol. The van der Waals surface area contributed by atoms with Gasteiger partial charge in [0.05, 0.1) is 10.7 Å². The predicted molar refractivity (Wildman–Crippen MR) is 92.1 cm³/mol. The van der Waals surface area contributed by atoms with E-state index in [1.54, 1.807) is 0 Å². The predicted octanol–water partition coefficient (Wildman–Crippen LogP) is 3.65. The molecule has 3 aromatic rings. The van der Waals surface area contributed by atoms with Gasteiger partial charge in [0.25, 0.3) is 5.22 Å². The van der Waals surface area contributed by atoms with Crippen LogP contribution in [-0.4, -0.2) is 26.8 Å². The molecule has 1 heterocycles. The number of rotatable bonds is 6. The van der Waals surface area contributed by atoms with Crippen molar-refractivity contribution in [2.75, 3.05) is 11.1 Å². The van der Waals surface area contributed by atoms with Crippen molar-refractivity contribution in [1.82, 2.24) is 10.2 Å². The Morgan fingerprint density at radius 3 is 2.63 bits per heavy atom. The van der Waals surface area contributed by atoms with Gasteiger partial charge in [-0.2, -0.15) is 4.39 Å². The molecule has 0 aliphatic heterocycles. The highest BCUT2D eigenvalue weighted by Gasteiger charge is 2.16. The van der Waals surface area contributed by atoms with Gasteiger partial charge < -0.3 is 9.73 Å². The Hall–Kier alpha value is -3.34. The Labute approximate surface area is 154 Å². The number of amides is 1. The highest BCUT2D eigenvalue weighted by molar-refractivity contribution is 7.99. The van der Waals surface area contributed by atoms with Crippen molar-refractivity contribution in [3.63, 3.8) is 0 Å². The average Bonchev–Trinajstić information content (AvgIpc) is 3.11. The molecular weight excluding hydrogens is 382 g/mol. The number of thioether (sulfide) groups is 1. The fourth-order valence-electron chi connectivity index (χ4n) is 2.03. The summed E-state index contributed by atoms with van der Waals surface area (Å²) in [6.07, 6.45) is 0. The van der Waals surface area contributed by atoms with Crippen LogP contribution < -0.4 is 5.32 Å². The zero-order chi connectivity index (χ0) is 19.4. The summed E-state index contributed by atoms with van der Waals surface area (Å²) in [6, 6.07) is 8.50. The van der Waals surface area contributed by atoms with Crippen molar-refractivity contribution in [2.24, 2.45) is 0 Å². The van der Waals surface area contributed by atoms with Crippen molar-refractivity contribution >= 4 is 29.0 Å². The third-order valence-corrected chi connectivity index (χ3v) is 4.07. The first-order valence-electron chi connectivity index (χ1n) is 7.38. The van der Waals surface area contributed by atoms with E-state index in [0.29, 0.717) is 5.56 Å². The molecule has 1 N–H and O–H groups in total. The minimum atomic E-state index is -0.994. The van der Waals surface area contributed by atoms with Crippen molar-refractivity contribution in [3.05, 3.63) is 64.2 Å². The van der Waals surface area contributed by atoms with E-state index in [1.807, 2.05) is 0 Å². The third kappa shape index (κ3) is 4.64. The molecule has 0 aliphatic rings. The van der Waals surface area contributed by atoms with Gasteiger partial charge in [0.2, 0.25) is 17.6 Å². The van der Waals surface area contributed by atoms with Gasteiger partial charge in [-0.3, -0.25) is 14.9 Å². The van der Waals surface area contributed by atoms with Crippen LogP contribution in [0.15, 0.2) is 52.1 Å². The lowest BCUT2D eigenvalue weighted by atomic mass is 10.2. The summed E-state index contributed by atoms with van der Waals surface area (Å²) in [5.41, 5.74) is -0.119. The summed E-state index contributed by atoms with van der Waals surface area (Å²) in [7, 11) is 0. The number of anilines is 1. The highest BCUT2D eigenvalue weighted by atomic mass is 32.2. The van der Waals surface area contributed by atoms with Crippen LogP contribution in [0.4, 0.5) is 20.2 Å². The van der Waals surface area contributed by atoms with Gasteiger partial charge in [-0.15, -0.1) is 10.2 Å². The lowest BCUT2D eigenvalue weighted by Crippen LogP contribution is -2.14. The first-order chi connectivity index (χ1) is 12.9. The largest absolute Gasteiger partial charge is 0.411 e. The molecule has 0 saturated heterocycles. The summed E-state index contributed by atoms with van der Waals surface area (Å²) in [5, 5.41) is 20.8. The number of hydrogen-bond acceptors (Lipinski definition) is 7. The molecule has 2 aromatic carbocycles. The minimum absolute atomic E-state index is 0.0891. The van der Waals surface area contributed by atoms with Crippen molar-refractivity contribution in [2.45, 2.75) is 5.22 Å². The Balaban J connectivity index is 1.59. The Morgan fingerprint density at radius 1 is 1.19 bits per heavy atom. The zero-order valence-corrected chi connectivity index (χ0v) is 14.2. The van der Waals surface area contributed by atoms with Crippen molar-refractivity contribution < 1.29 is 22.9 Å². The first kappa shape index (κ1) is 18.5. The smallest absolute Gasteiger partial charge is 0.306 e. The van der Waals surface area contributed by atoms with Gasteiger partial charge in [-0.1, -0.05) is 11.8 Å². The van der Waals surface area contributed by atoms with E-state index in [4.69, 9.17) is 4.42 Å². The van der Waals surface area contributed by atoms with Crippen LogP contribution >= 0.6 is 11.8 Å². The number of aromatic nitrogens is 2. The van der Waals surface area contributed by atoms with Crippen LogP contribution in [-0.2, 0) is 4.79 Å². The Morgan fingerprint density at radius 2 is 1.93 bits per heavy atom. The molecule has 8 nitrogen and oxygen atoms in total. The van der Waals surface area contributed by atoms with Gasteiger partial charge in [0.15, 0.2) is 0 Å². The molecule has 0 spiro atoms. The number of nitrogens with zero attached hydrogens (tertiary/aromatic N) is 3. The molecule has 138 valence electrons. The second kappa shape index (κ2) is 7.91. The number of hydrogen-bond donors (Lipinski definition) is 1. The molecule has 0 radical (unpaired) electrons. The first-order valence-corrected chi connectivity index (χ1v) is 8.37. The van der Waals surface area contributed by atoms with E-state index in [9.17, 15) is 23.7 Å². The molecule has 1 amide bonds. The molecule has 3 rings (SSSR count). The van der Waals surface area contributed by atoms with E-state index in [2.05, 4.69) is 15.5 Å². The van der Waals surface area contributed by atoms with Gasteiger partial charge in [-0.05, 0) is 36.4 Å². The minimum Gasteiger partial charge on any atom is -0.411 e. The molecule has 1 aromatic heterocycles. The number of benzene rings is 2.